The molecule has 0 heterocycles. The van der Waals surface area contributed by atoms with Gasteiger partial charge in [0.1, 0.15) is 23.9 Å². The zero-order valence-corrected chi connectivity index (χ0v) is 20.4. The Bertz CT molecular complexity index is 1120. The summed E-state index contributed by atoms with van der Waals surface area (Å²) in [6.07, 6.45) is 0.415. The number of hydrogen-bond donors (Lipinski definition) is 2. The third-order valence-corrected chi connectivity index (χ3v) is 5.73. The second kappa shape index (κ2) is 12.3. The lowest BCUT2D eigenvalue weighted by Gasteiger charge is -2.16. The Morgan fingerprint density at radius 2 is 1.82 bits per heavy atom. The van der Waals surface area contributed by atoms with Gasteiger partial charge in [-0.05, 0) is 78.1 Å². The van der Waals surface area contributed by atoms with Crippen LogP contribution in [-0.4, -0.2) is 38.4 Å². The number of aryl methyl sites for hydroxylation is 1. The molecule has 0 radical (unpaired) electrons. The number of hydrogen-bond acceptors (Lipinski definition) is 5. The predicted octanol–water partition coefficient (Wildman–Crippen LogP) is 5.77. The maximum atomic E-state index is 11.0. The number of carboxylic acid groups (broad SMARTS) is 1. The summed E-state index contributed by atoms with van der Waals surface area (Å²) in [7, 11) is 3.24. The van der Waals surface area contributed by atoms with E-state index in [0.29, 0.717) is 36.1 Å². The summed E-state index contributed by atoms with van der Waals surface area (Å²) in [5.41, 5.74) is 3.78. The van der Waals surface area contributed by atoms with Crippen LogP contribution in [0, 0.1) is 0 Å². The number of ether oxygens (including phenoxy) is 3. The third-order valence-electron chi connectivity index (χ3n) is 5.51. The molecule has 3 rings (SSSR count). The average Bonchev–Trinajstić information content (AvgIpc) is 2.84. The van der Waals surface area contributed by atoms with Crippen LogP contribution in [0.25, 0.3) is 11.1 Å². The minimum atomic E-state index is -0.847. The highest BCUT2D eigenvalue weighted by Gasteiger charge is 2.11. The van der Waals surface area contributed by atoms with E-state index in [4.69, 9.17) is 30.9 Å². The van der Waals surface area contributed by atoms with Gasteiger partial charge in [-0.1, -0.05) is 29.8 Å². The Labute approximate surface area is 205 Å². The lowest BCUT2D eigenvalue weighted by molar-refractivity contribution is -0.136. The van der Waals surface area contributed by atoms with Crippen molar-refractivity contribution in [2.45, 2.75) is 25.8 Å². The molecular formula is C27H30ClNO5. The maximum absolute atomic E-state index is 11.0. The highest BCUT2D eigenvalue weighted by molar-refractivity contribution is 6.31. The average molecular weight is 484 g/mol. The Balaban J connectivity index is 1.64. The summed E-state index contributed by atoms with van der Waals surface area (Å²) in [5, 5.41) is 13.0. The fourth-order valence-corrected chi connectivity index (χ4v) is 3.91. The molecule has 3 aromatic rings. The zero-order chi connectivity index (χ0) is 24.5. The van der Waals surface area contributed by atoms with Crippen LogP contribution in [0.5, 0.6) is 17.2 Å². The van der Waals surface area contributed by atoms with E-state index in [1.165, 1.54) is 0 Å². The molecule has 0 saturated heterocycles. The summed E-state index contributed by atoms with van der Waals surface area (Å²) in [6.45, 7) is 3.22. The second-order valence-corrected chi connectivity index (χ2v) is 8.33. The minimum Gasteiger partial charge on any atom is -0.497 e. The molecule has 0 saturated carbocycles. The van der Waals surface area contributed by atoms with Crippen LogP contribution in [0.4, 0.5) is 0 Å². The maximum Gasteiger partial charge on any atom is 0.303 e. The van der Waals surface area contributed by atoms with Gasteiger partial charge in [0.15, 0.2) is 0 Å². The van der Waals surface area contributed by atoms with Gasteiger partial charge in [0.25, 0.3) is 0 Å². The van der Waals surface area contributed by atoms with Crippen molar-refractivity contribution in [2.24, 2.45) is 0 Å². The monoisotopic (exact) mass is 483 g/mol. The van der Waals surface area contributed by atoms with E-state index in [9.17, 15) is 4.79 Å². The number of aliphatic carboxylic acids is 1. The molecule has 34 heavy (non-hydrogen) atoms. The molecule has 0 aliphatic rings. The van der Waals surface area contributed by atoms with Gasteiger partial charge in [-0.25, -0.2) is 0 Å². The molecule has 0 aliphatic heterocycles. The number of halogens is 1. The van der Waals surface area contributed by atoms with Gasteiger partial charge in [-0.3, -0.25) is 4.79 Å². The number of benzene rings is 3. The van der Waals surface area contributed by atoms with Crippen LogP contribution in [0.1, 0.15) is 30.5 Å². The Morgan fingerprint density at radius 1 is 1.00 bits per heavy atom. The molecule has 0 unspecified atom stereocenters. The Hall–Kier alpha value is -3.22. The van der Waals surface area contributed by atoms with Crippen molar-refractivity contribution in [1.82, 2.24) is 5.32 Å². The second-order valence-electron chi connectivity index (χ2n) is 7.90. The molecule has 7 heteroatoms. The molecule has 2 N–H and O–H groups in total. The first-order valence-electron chi connectivity index (χ1n) is 11.1. The zero-order valence-electron chi connectivity index (χ0n) is 19.6. The largest absolute Gasteiger partial charge is 0.497 e. The molecule has 180 valence electrons. The quantitative estimate of drug-likeness (QED) is 0.318. The molecule has 0 spiro atoms. The van der Waals surface area contributed by atoms with Crippen molar-refractivity contribution in [1.29, 1.82) is 0 Å². The SMILES string of the molecule is COc1cccc([C@@H](C)NCCOc2cc(Cl)cc(-c3ccc(OC)c(CCC(=O)O)c3)c2)c1. The van der Waals surface area contributed by atoms with Crippen molar-refractivity contribution in [3.8, 4) is 28.4 Å². The summed E-state index contributed by atoms with van der Waals surface area (Å²) in [4.78, 5) is 11.0. The van der Waals surface area contributed by atoms with E-state index in [2.05, 4.69) is 18.3 Å². The molecule has 0 aliphatic carbocycles. The molecular weight excluding hydrogens is 454 g/mol. The van der Waals surface area contributed by atoms with E-state index >= 15 is 0 Å². The topological polar surface area (TPSA) is 77.0 Å². The Kier molecular flexibility index (Phi) is 9.19. The standard InChI is InChI=1S/C27H30ClNO5/c1-18(19-5-4-6-24(15-19)32-2)29-11-12-34-25-16-22(14-23(28)17-25)20-7-9-26(33-3)21(13-20)8-10-27(30)31/h4-7,9,13-18,29H,8,10-12H2,1-3H3,(H,30,31)/t18-/m1/s1. The first-order valence-corrected chi connectivity index (χ1v) is 11.5. The van der Waals surface area contributed by atoms with Crippen LogP contribution < -0.4 is 19.5 Å². The van der Waals surface area contributed by atoms with Crippen LogP contribution in [0.2, 0.25) is 5.02 Å². The summed E-state index contributed by atoms with van der Waals surface area (Å²) < 4.78 is 16.6. The van der Waals surface area contributed by atoms with Gasteiger partial charge in [0, 0.05) is 24.0 Å². The van der Waals surface area contributed by atoms with Crippen LogP contribution >= 0.6 is 11.6 Å². The first kappa shape index (κ1) is 25.4. The first-order chi connectivity index (χ1) is 16.4. The highest BCUT2D eigenvalue weighted by Crippen LogP contribution is 2.32. The van der Waals surface area contributed by atoms with Crippen molar-refractivity contribution < 1.29 is 24.1 Å². The molecule has 0 amide bonds. The van der Waals surface area contributed by atoms with Gasteiger partial charge in [-0.2, -0.15) is 0 Å². The fourth-order valence-electron chi connectivity index (χ4n) is 3.68. The molecule has 0 fully saturated rings. The van der Waals surface area contributed by atoms with Gasteiger partial charge in [0.2, 0.25) is 0 Å². The van der Waals surface area contributed by atoms with Crippen LogP contribution in [0.15, 0.2) is 60.7 Å². The lowest BCUT2D eigenvalue weighted by Crippen LogP contribution is -2.24. The number of carbonyl (C=O) groups is 1. The van der Waals surface area contributed by atoms with E-state index in [1.807, 2.05) is 48.5 Å². The predicted molar refractivity (Wildman–Crippen MR) is 134 cm³/mol. The Morgan fingerprint density at radius 3 is 2.56 bits per heavy atom. The number of methoxy groups -OCH3 is 2. The molecule has 0 aromatic heterocycles. The lowest BCUT2D eigenvalue weighted by atomic mass is 10.00. The molecule has 3 aromatic carbocycles. The summed E-state index contributed by atoms with van der Waals surface area (Å²) in [6, 6.07) is 19.4. The molecule has 6 nitrogen and oxygen atoms in total. The van der Waals surface area contributed by atoms with E-state index in [1.54, 1.807) is 20.3 Å². The summed E-state index contributed by atoms with van der Waals surface area (Å²) in [5.74, 6) is 1.32. The smallest absolute Gasteiger partial charge is 0.303 e. The van der Waals surface area contributed by atoms with E-state index in [-0.39, 0.29) is 12.5 Å². The van der Waals surface area contributed by atoms with Crippen molar-refractivity contribution in [2.75, 3.05) is 27.4 Å². The van der Waals surface area contributed by atoms with Gasteiger partial charge >= 0.3 is 5.97 Å². The number of rotatable bonds is 12. The minimum absolute atomic E-state index is 0.0326. The molecule has 1 atom stereocenters. The van der Waals surface area contributed by atoms with Crippen LogP contribution in [0.3, 0.4) is 0 Å². The van der Waals surface area contributed by atoms with Gasteiger partial charge in [-0.15, -0.1) is 0 Å². The van der Waals surface area contributed by atoms with Crippen molar-refractivity contribution in [3.05, 3.63) is 76.8 Å². The number of nitrogens with one attached hydrogen (secondary N) is 1. The highest BCUT2D eigenvalue weighted by atomic mass is 35.5. The third kappa shape index (κ3) is 7.14. The van der Waals surface area contributed by atoms with Crippen LogP contribution in [-0.2, 0) is 11.2 Å². The fraction of sp³-hybridized carbons (Fsp3) is 0.296. The normalized spacial score (nSPS) is 11.6. The van der Waals surface area contributed by atoms with Gasteiger partial charge < -0.3 is 24.6 Å². The van der Waals surface area contributed by atoms with Gasteiger partial charge in [0.05, 0.1) is 14.2 Å². The molecule has 0 bridgehead atoms. The van der Waals surface area contributed by atoms with E-state index < -0.39 is 5.97 Å². The van der Waals surface area contributed by atoms with Crippen molar-refractivity contribution in [3.63, 3.8) is 0 Å². The summed E-state index contributed by atoms with van der Waals surface area (Å²) >= 11 is 6.36. The van der Waals surface area contributed by atoms with Crippen molar-refractivity contribution >= 4 is 17.6 Å². The van der Waals surface area contributed by atoms with E-state index in [0.717, 1.165) is 28.0 Å². The number of carboxylic acids is 1.